The second kappa shape index (κ2) is 7.22. The van der Waals surface area contributed by atoms with Gasteiger partial charge in [0, 0.05) is 43.0 Å². The van der Waals surface area contributed by atoms with Crippen LogP contribution in [0.3, 0.4) is 0 Å². The van der Waals surface area contributed by atoms with E-state index in [0.29, 0.717) is 46.9 Å². The lowest BCUT2D eigenvalue weighted by Gasteiger charge is -2.33. The Morgan fingerprint density at radius 2 is 2.24 bits per heavy atom. The number of hydrogen-bond donors (Lipinski definition) is 3. The fraction of sp³-hybridized carbons (Fsp3) is 0.211. The van der Waals surface area contributed by atoms with Crippen molar-refractivity contribution in [2.75, 3.05) is 19.6 Å². The lowest BCUT2D eigenvalue weighted by atomic mass is 10.1. The number of H-pyrrole nitrogens is 2. The number of nitrogens with zero attached hydrogens (tertiary/aromatic N) is 4. The maximum Gasteiger partial charge on any atom is 0.269 e. The number of amides is 1. The Bertz CT molecular complexity index is 1220. The highest BCUT2D eigenvalue weighted by atomic mass is 32.1. The number of aromatic amines is 2. The molecule has 1 aliphatic rings. The van der Waals surface area contributed by atoms with Crippen molar-refractivity contribution in [3.8, 4) is 11.5 Å². The summed E-state index contributed by atoms with van der Waals surface area (Å²) in [5.41, 5.74) is 2.16. The molecule has 1 amide bonds. The summed E-state index contributed by atoms with van der Waals surface area (Å²) in [5, 5.41) is 11.9. The van der Waals surface area contributed by atoms with Gasteiger partial charge in [-0.2, -0.15) is 5.10 Å². The summed E-state index contributed by atoms with van der Waals surface area (Å²) in [4.78, 5) is 39.2. The van der Waals surface area contributed by atoms with E-state index >= 15 is 0 Å². The minimum absolute atomic E-state index is 0.0109. The van der Waals surface area contributed by atoms with Crippen molar-refractivity contribution in [2.45, 2.75) is 6.04 Å². The Morgan fingerprint density at radius 3 is 3.03 bits per heavy atom. The molecule has 0 radical (unpaired) electrons. The number of carbonyl (C=O) groups excluding carboxylic acids is 1. The molecule has 3 N–H and O–H groups in total. The van der Waals surface area contributed by atoms with Crippen LogP contribution in [0.4, 0.5) is 0 Å². The minimum Gasteiger partial charge on any atom is -0.335 e. The lowest BCUT2D eigenvalue weighted by molar-refractivity contribution is 0.0705. The van der Waals surface area contributed by atoms with Crippen LogP contribution >= 0.6 is 11.3 Å². The summed E-state index contributed by atoms with van der Waals surface area (Å²) in [6.45, 7) is 1.78. The van der Waals surface area contributed by atoms with Gasteiger partial charge in [0.2, 0.25) is 0 Å². The van der Waals surface area contributed by atoms with E-state index in [1.807, 2.05) is 12.3 Å². The molecule has 1 aliphatic heterocycles. The van der Waals surface area contributed by atoms with Crippen LogP contribution in [-0.4, -0.2) is 55.6 Å². The third-order valence-corrected chi connectivity index (χ3v) is 5.92. The summed E-state index contributed by atoms with van der Waals surface area (Å²) in [6.07, 6.45) is 5.22. The average molecular weight is 407 g/mol. The number of thiophene rings is 1. The van der Waals surface area contributed by atoms with E-state index in [2.05, 4.69) is 30.5 Å². The SMILES string of the molecule is O=C(c1csc2c(=O)[nH]c(-c3ccccn3)nc12)N1CCNC(c2cn[nH]c2)C1. The molecule has 29 heavy (non-hydrogen) atoms. The van der Waals surface area contributed by atoms with Crippen molar-refractivity contribution in [3.05, 3.63) is 63.7 Å². The summed E-state index contributed by atoms with van der Waals surface area (Å²) >= 11 is 1.23. The van der Waals surface area contributed by atoms with Gasteiger partial charge in [-0.25, -0.2) is 4.98 Å². The second-order valence-electron chi connectivity index (χ2n) is 6.75. The number of nitrogens with one attached hydrogen (secondary N) is 3. The molecule has 1 atom stereocenters. The zero-order valence-corrected chi connectivity index (χ0v) is 16.1. The van der Waals surface area contributed by atoms with Crippen LogP contribution < -0.4 is 10.9 Å². The van der Waals surface area contributed by atoms with Gasteiger partial charge in [0.15, 0.2) is 5.82 Å². The van der Waals surface area contributed by atoms with E-state index in [1.54, 1.807) is 34.8 Å². The van der Waals surface area contributed by atoms with Crippen LogP contribution in [0, 0.1) is 0 Å². The maximum atomic E-state index is 13.3. The molecule has 0 aliphatic carbocycles. The highest BCUT2D eigenvalue weighted by Crippen LogP contribution is 2.26. The number of pyridine rings is 1. The average Bonchev–Trinajstić information content (AvgIpc) is 3.44. The molecular weight excluding hydrogens is 390 g/mol. The third-order valence-electron chi connectivity index (χ3n) is 4.95. The van der Waals surface area contributed by atoms with E-state index in [9.17, 15) is 9.59 Å². The smallest absolute Gasteiger partial charge is 0.269 e. The first-order chi connectivity index (χ1) is 14.2. The van der Waals surface area contributed by atoms with Crippen LogP contribution in [0.5, 0.6) is 0 Å². The van der Waals surface area contributed by atoms with Crippen molar-refractivity contribution in [1.29, 1.82) is 0 Å². The first-order valence-electron chi connectivity index (χ1n) is 9.15. The van der Waals surface area contributed by atoms with Gasteiger partial charge in [-0.05, 0) is 12.1 Å². The molecule has 146 valence electrons. The molecule has 0 spiro atoms. The van der Waals surface area contributed by atoms with E-state index < -0.39 is 0 Å². The van der Waals surface area contributed by atoms with Crippen molar-refractivity contribution in [3.63, 3.8) is 0 Å². The number of fused-ring (bicyclic) bond motifs is 1. The van der Waals surface area contributed by atoms with Crippen molar-refractivity contribution >= 4 is 27.5 Å². The Balaban J connectivity index is 1.50. The Hall–Kier alpha value is -3.37. The molecule has 5 heterocycles. The van der Waals surface area contributed by atoms with Crippen LogP contribution in [0.2, 0.25) is 0 Å². The second-order valence-corrected chi connectivity index (χ2v) is 7.63. The highest BCUT2D eigenvalue weighted by molar-refractivity contribution is 7.17. The predicted octanol–water partition coefficient (Wildman–Crippen LogP) is 1.56. The van der Waals surface area contributed by atoms with Gasteiger partial charge in [-0.15, -0.1) is 11.3 Å². The minimum atomic E-state index is -0.267. The Morgan fingerprint density at radius 1 is 1.31 bits per heavy atom. The molecule has 0 saturated carbocycles. The molecule has 0 bridgehead atoms. The molecule has 4 aromatic rings. The molecule has 10 heteroatoms. The van der Waals surface area contributed by atoms with Gasteiger partial charge in [-0.3, -0.25) is 19.7 Å². The summed E-state index contributed by atoms with van der Waals surface area (Å²) < 4.78 is 0.439. The Kier molecular flexibility index (Phi) is 4.41. The first-order valence-corrected chi connectivity index (χ1v) is 10.0. The fourth-order valence-corrected chi connectivity index (χ4v) is 4.36. The van der Waals surface area contributed by atoms with E-state index in [-0.39, 0.29) is 17.5 Å². The largest absolute Gasteiger partial charge is 0.335 e. The number of carbonyl (C=O) groups is 1. The zero-order chi connectivity index (χ0) is 19.8. The summed E-state index contributed by atoms with van der Waals surface area (Å²) in [7, 11) is 0. The van der Waals surface area contributed by atoms with Gasteiger partial charge in [0.1, 0.15) is 15.9 Å². The molecule has 0 aromatic carbocycles. The van der Waals surface area contributed by atoms with E-state index in [0.717, 1.165) is 5.56 Å². The van der Waals surface area contributed by atoms with Gasteiger partial charge in [0.05, 0.1) is 17.8 Å². The molecule has 1 fully saturated rings. The number of hydrogen-bond acceptors (Lipinski definition) is 7. The summed E-state index contributed by atoms with van der Waals surface area (Å²) in [5.74, 6) is 0.225. The topological polar surface area (TPSA) is 120 Å². The first kappa shape index (κ1) is 17.7. The quantitative estimate of drug-likeness (QED) is 0.474. The van der Waals surface area contributed by atoms with Gasteiger partial charge in [0.25, 0.3) is 11.5 Å². The molecule has 5 rings (SSSR count). The molecule has 9 nitrogen and oxygen atoms in total. The lowest BCUT2D eigenvalue weighted by Crippen LogP contribution is -2.48. The summed E-state index contributed by atoms with van der Waals surface area (Å²) in [6, 6.07) is 5.39. The van der Waals surface area contributed by atoms with Crippen molar-refractivity contribution < 1.29 is 4.79 Å². The van der Waals surface area contributed by atoms with Crippen molar-refractivity contribution in [1.82, 2.24) is 35.4 Å². The molecule has 1 unspecified atom stereocenters. The van der Waals surface area contributed by atoms with E-state index in [1.165, 1.54) is 11.3 Å². The fourth-order valence-electron chi connectivity index (χ4n) is 3.48. The number of aromatic nitrogens is 5. The third kappa shape index (κ3) is 3.22. The van der Waals surface area contributed by atoms with Crippen molar-refractivity contribution in [2.24, 2.45) is 0 Å². The predicted molar refractivity (Wildman–Crippen MR) is 109 cm³/mol. The Labute approximate surface area is 168 Å². The van der Waals surface area contributed by atoms with E-state index in [4.69, 9.17) is 0 Å². The van der Waals surface area contributed by atoms with Gasteiger partial charge in [-0.1, -0.05) is 6.07 Å². The standard InChI is InChI=1S/C19H17N7O2S/c27-18-16-15(24-17(25-18)13-3-1-2-4-20-13)12(10-29-16)19(28)26-6-5-21-14(9-26)11-7-22-23-8-11/h1-4,7-8,10,14,21H,5-6,9H2,(H,22,23)(H,24,25,27). The molecular formula is C19H17N7O2S. The van der Waals surface area contributed by atoms with Crippen LogP contribution in [0.1, 0.15) is 22.0 Å². The van der Waals surface area contributed by atoms with Crippen LogP contribution in [-0.2, 0) is 0 Å². The molecule has 1 saturated heterocycles. The normalized spacial score (nSPS) is 17.0. The monoisotopic (exact) mass is 407 g/mol. The number of piperazine rings is 1. The highest BCUT2D eigenvalue weighted by Gasteiger charge is 2.28. The van der Waals surface area contributed by atoms with Crippen LogP contribution in [0.15, 0.2) is 47.0 Å². The zero-order valence-electron chi connectivity index (χ0n) is 15.3. The van der Waals surface area contributed by atoms with Gasteiger partial charge < -0.3 is 15.2 Å². The number of rotatable bonds is 3. The van der Waals surface area contributed by atoms with Crippen LogP contribution in [0.25, 0.3) is 21.7 Å². The van der Waals surface area contributed by atoms with Gasteiger partial charge >= 0.3 is 0 Å². The maximum absolute atomic E-state index is 13.3. The molecule has 4 aromatic heterocycles.